The summed E-state index contributed by atoms with van der Waals surface area (Å²) in [6.45, 7) is 0. The fraction of sp³-hybridized carbons (Fsp3) is 0.111. The number of hydrogen-bond donors (Lipinski definition) is 2. The molecule has 0 bridgehead atoms. The van der Waals surface area contributed by atoms with Crippen molar-refractivity contribution < 1.29 is 14.3 Å². The Morgan fingerprint density at radius 1 is 1.08 bits per heavy atom. The molecule has 0 unspecified atom stereocenters. The highest BCUT2D eigenvalue weighted by atomic mass is 16.5. The molecule has 0 aliphatic rings. The number of rotatable bonds is 4. The lowest BCUT2D eigenvalue weighted by Gasteiger charge is -2.10. The van der Waals surface area contributed by atoms with Crippen LogP contribution in [0.25, 0.3) is 10.8 Å². The van der Waals surface area contributed by atoms with Gasteiger partial charge in [0.05, 0.1) is 35.9 Å². The third kappa shape index (κ3) is 3.40. The number of H-pyrrole nitrogens is 1. The maximum atomic E-state index is 12.4. The predicted molar refractivity (Wildman–Crippen MR) is 92.5 cm³/mol. The second-order valence-corrected chi connectivity index (χ2v) is 5.31. The Morgan fingerprint density at radius 3 is 2.52 bits per heavy atom. The molecule has 0 aliphatic heterocycles. The van der Waals surface area contributed by atoms with Crippen molar-refractivity contribution in [1.29, 1.82) is 0 Å². The number of aromatic amines is 1. The number of benzene rings is 2. The molecule has 0 atom stereocenters. The van der Waals surface area contributed by atoms with Crippen LogP contribution in [0.1, 0.15) is 16.1 Å². The second kappa shape index (κ2) is 6.96. The van der Waals surface area contributed by atoms with Gasteiger partial charge in [-0.2, -0.15) is 5.10 Å². The summed E-state index contributed by atoms with van der Waals surface area (Å²) >= 11 is 0. The van der Waals surface area contributed by atoms with E-state index >= 15 is 0 Å². The van der Waals surface area contributed by atoms with Gasteiger partial charge in [0.15, 0.2) is 0 Å². The van der Waals surface area contributed by atoms with Gasteiger partial charge >= 0.3 is 5.97 Å². The van der Waals surface area contributed by atoms with Crippen molar-refractivity contribution in [2.45, 2.75) is 6.42 Å². The van der Waals surface area contributed by atoms with E-state index in [1.54, 1.807) is 48.5 Å². The zero-order valence-electron chi connectivity index (χ0n) is 13.4. The van der Waals surface area contributed by atoms with Gasteiger partial charge < -0.3 is 10.1 Å². The fourth-order valence-corrected chi connectivity index (χ4v) is 2.53. The predicted octanol–water partition coefficient (Wildman–Crippen LogP) is 1.89. The molecule has 1 aromatic heterocycles. The number of fused-ring (bicyclic) bond motifs is 1. The van der Waals surface area contributed by atoms with Gasteiger partial charge in [0, 0.05) is 5.39 Å². The van der Waals surface area contributed by atoms with Crippen LogP contribution in [0.3, 0.4) is 0 Å². The SMILES string of the molecule is COC(=O)c1ccccc1NC(=O)Cc1n[nH]c(=O)c2ccccc12. The van der Waals surface area contributed by atoms with Gasteiger partial charge in [-0.05, 0) is 18.2 Å². The summed E-state index contributed by atoms with van der Waals surface area (Å²) in [5.41, 5.74) is 0.754. The van der Waals surface area contributed by atoms with Crippen LogP contribution in [-0.2, 0) is 16.0 Å². The molecule has 7 heteroatoms. The molecule has 126 valence electrons. The Kier molecular flexibility index (Phi) is 4.56. The topological polar surface area (TPSA) is 101 Å². The summed E-state index contributed by atoms with van der Waals surface area (Å²) in [6.07, 6.45) is -0.0488. The van der Waals surface area contributed by atoms with Crippen molar-refractivity contribution in [1.82, 2.24) is 10.2 Å². The van der Waals surface area contributed by atoms with E-state index in [-0.39, 0.29) is 23.5 Å². The first-order valence-corrected chi connectivity index (χ1v) is 7.53. The largest absolute Gasteiger partial charge is 0.465 e. The summed E-state index contributed by atoms with van der Waals surface area (Å²) < 4.78 is 4.71. The van der Waals surface area contributed by atoms with Crippen molar-refractivity contribution in [2.75, 3.05) is 12.4 Å². The molecule has 2 N–H and O–H groups in total. The molecule has 0 spiro atoms. The minimum Gasteiger partial charge on any atom is -0.465 e. The van der Waals surface area contributed by atoms with E-state index < -0.39 is 5.97 Å². The van der Waals surface area contributed by atoms with Gasteiger partial charge in [-0.3, -0.25) is 9.59 Å². The van der Waals surface area contributed by atoms with E-state index in [1.165, 1.54) is 7.11 Å². The number of carbonyl (C=O) groups is 2. The molecule has 7 nitrogen and oxygen atoms in total. The van der Waals surface area contributed by atoms with E-state index in [0.29, 0.717) is 22.2 Å². The van der Waals surface area contributed by atoms with Crippen LogP contribution in [0.15, 0.2) is 53.3 Å². The average molecular weight is 337 g/mol. The van der Waals surface area contributed by atoms with E-state index in [2.05, 4.69) is 15.5 Å². The fourth-order valence-electron chi connectivity index (χ4n) is 2.53. The van der Waals surface area contributed by atoms with Crippen LogP contribution in [0, 0.1) is 0 Å². The quantitative estimate of drug-likeness (QED) is 0.708. The Bertz CT molecular complexity index is 1010. The van der Waals surface area contributed by atoms with Crippen LogP contribution in [0.2, 0.25) is 0 Å². The summed E-state index contributed by atoms with van der Waals surface area (Å²) in [4.78, 5) is 35.9. The highest BCUT2D eigenvalue weighted by molar-refractivity contribution is 6.02. The molecule has 3 aromatic rings. The number of esters is 1. The number of amides is 1. The van der Waals surface area contributed by atoms with E-state index in [0.717, 1.165) is 0 Å². The molecule has 0 radical (unpaired) electrons. The van der Waals surface area contributed by atoms with Crippen molar-refractivity contribution in [3.05, 3.63) is 70.1 Å². The number of para-hydroxylation sites is 1. The number of anilines is 1. The second-order valence-electron chi connectivity index (χ2n) is 5.31. The molecule has 1 amide bonds. The average Bonchev–Trinajstić information content (AvgIpc) is 2.64. The smallest absolute Gasteiger partial charge is 0.339 e. The normalized spacial score (nSPS) is 10.4. The van der Waals surface area contributed by atoms with Crippen LogP contribution in [0.4, 0.5) is 5.69 Å². The van der Waals surface area contributed by atoms with Gasteiger partial charge in [0.2, 0.25) is 5.91 Å². The van der Waals surface area contributed by atoms with Crippen molar-refractivity contribution in [3.8, 4) is 0 Å². The standard InChI is InChI=1S/C18H15N3O4/c1-25-18(24)13-8-4-5-9-14(13)19-16(22)10-15-11-6-2-3-7-12(11)17(23)21-20-15/h2-9H,10H2,1H3,(H,19,22)(H,21,23). The maximum Gasteiger partial charge on any atom is 0.339 e. The number of carbonyl (C=O) groups excluding carboxylic acids is 2. The Hall–Kier alpha value is -3.48. The molecule has 3 rings (SSSR count). The van der Waals surface area contributed by atoms with Crippen molar-refractivity contribution in [3.63, 3.8) is 0 Å². The Morgan fingerprint density at radius 2 is 1.76 bits per heavy atom. The van der Waals surface area contributed by atoms with Gasteiger partial charge in [-0.25, -0.2) is 9.89 Å². The minimum absolute atomic E-state index is 0.0488. The summed E-state index contributed by atoms with van der Waals surface area (Å²) in [5.74, 6) is -0.899. The molecule has 0 saturated carbocycles. The number of ether oxygens (including phenoxy) is 1. The van der Waals surface area contributed by atoms with Crippen molar-refractivity contribution in [2.24, 2.45) is 0 Å². The van der Waals surface area contributed by atoms with Crippen LogP contribution >= 0.6 is 0 Å². The Labute approximate surface area is 142 Å². The molecule has 2 aromatic carbocycles. The molecular formula is C18H15N3O4. The summed E-state index contributed by atoms with van der Waals surface area (Å²) in [6, 6.07) is 13.5. The van der Waals surface area contributed by atoms with E-state index in [9.17, 15) is 14.4 Å². The van der Waals surface area contributed by atoms with Crippen LogP contribution in [0.5, 0.6) is 0 Å². The Balaban J connectivity index is 1.87. The third-order valence-corrected chi connectivity index (χ3v) is 3.71. The molecule has 0 saturated heterocycles. The molecule has 0 aliphatic carbocycles. The number of methoxy groups -OCH3 is 1. The highest BCUT2D eigenvalue weighted by Crippen LogP contribution is 2.17. The van der Waals surface area contributed by atoms with Gasteiger partial charge in [0.25, 0.3) is 5.56 Å². The van der Waals surface area contributed by atoms with E-state index in [1.807, 2.05) is 0 Å². The highest BCUT2D eigenvalue weighted by Gasteiger charge is 2.15. The molecule has 0 fully saturated rings. The summed E-state index contributed by atoms with van der Waals surface area (Å²) in [7, 11) is 1.28. The first-order chi connectivity index (χ1) is 12.1. The maximum absolute atomic E-state index is 12.4. The third-order valence-electron chi connectivity index (χ3n) is 3.71. The number of nitrogens with one attached hydrogen (secondary N) is 2. The number of nitrogens with zero attached hydrogens (tertiary/aromatic N) is 1. The monoisotopic (exact) mass is 337 g/mol. The lowest BCUT2D eigenvalue weighted by Crippen LogP contribution is -2.19. The van der Waals surface area contributed by atoms with Crippen molar-refractivity contribution >= 4 is 28.3 Å². The zero-order chi connectivity index (χ0) is 17.8. The first-order valence-electron chi connectivity index (χ1n) is 7.53. The van der Waals surface area contributed by atoms with Gasteiger partial charge in [0.1, 0.15) is 0 Å². The lowest BCUT2D eigenvalue weighted by molar-refractivity contribution is -0.115. The van der Waals surface area contributed by atoms with Crippen LogP contribution < -0.4 is 10.9 Å². The number of aromatic nitrogens is 2. The lowest BCUT2D eigenvalue weighted by atomic mass is 10.1. The van der Waals surface area contributed by atoms with E-state index in [4.69, 9.17) is 4.74 Å². The minimum atomic E-state index is -0.538. The van der Waals surface area contributed by atoms with Gasteiger partial charge in [-0.15, -0.1) is 0 Å². The molecule has 1 heterocycles. The molecular weight excluding hydrogens is 322 g/mol. The number of hydrogen-bond acceptors (Lipinski definition) is 5. The zero-order valence-corrected chi connectivity index (χ0v) is 13.4. The first kappa shape index (κ1) is 16.4. The van der Waals surface area contributed by atoms with Gasteiger partial charge in [-0.1, -0.05) is 30.3 Å². The molecule has 25 heavy (non-hydrogen) atoms. The summed E-state index contributed by atoms with van der Waals surface area (Å²) in [5, 5.41) is 10.1. The van der Waals surface area contributed by atoms with Crippen LogP contribution in [-0.4, -0.2) is 29.2 Å².